The van der Waals surface area contributed by atoms with Crippen molar-refractivity contribution < 1.29 is 19.1 Å². The van der Waals surface area contributed by atoms with Gasteiger partial charge < -0.3 is 9.47 Å². The highest BCUT2D eigenvalue weighted by molar-refractivity contribution is 6.00. The van der Waals surface area contributed by atoms with Crippen LogP contribution in [0.25, 0.3) is 0 Å². The van der Waals surface area contributed by atoms with E-state index < -0.39 is 12.1 Å². The second-order valence-electron chi connectivity index (χ2n) is 6.96. The zero-order valence-electron chi connectivity index (χ0n) is 13.8. The van der Waals surface area contributed by atoms with Crippen LogP contribution in [-0.4, -0.2) is 24.5 Å². The summed E-state index contributed by atoms with van der Waals surface area (Å²) in [6, 6.07) is 9.60. The van der Waals surface area contributed by atoms with Gasteiger partial charge in [0, 0.05) is 18.4 Å². The first kappa shape index (κ1) is 15.8. The Hall–Kier alpha value is -2.10. The Labute approximate surface area is 136 Å². The van der Waals surface area contributed by atoms with E-state index in [2.05, 4.69) is 0 Å². The van der Waals surface area contributed by atoms with E-state index in [1.54, 1.807) is 6.92 Å². The average Bonchev–Trinajstić information content (AvgIpc) is 2.86. The summed E-state index contributed by atoms with van der Waals surface area (Å²) in [5.41, 5.74) is 1.44. The van der Waals surface area contributed by atoms with E-state index in [0.29, 0.717) is 30.8 Å². The van der Waals surface area contributed by atoms with Gasteiger partial charge in [-0.05, 0) is 17.9 Å². The predicted octanol–water partition coefficient (Wildman–Crippen LogP) is 3.38. The van der Waals surface area contributed by atoms with Gasteiger partial charge in [0.2, 0.25) is 6.10 Å². The first-order chi connectivity index (χ1) is 10.9. The van der Waals surface area contributed by atoms with Crippen LogP contribution in [0.15, 0.2) is 41.7 Å². The SMILES string of the molecule is CCOC(=O)[C@H]1OC2=C(C(=O)CC(C)(C)C2)[C@@H]1c1ccccc1. The maximum atomic E-state index is 12.7. The Balaban J connectivity index is 2.03. The highest BCUT2D eigenvalue weighted by atomic mass is 16.6. The van der Waals surface area contributed by atoms with Crippen molar-refractivity contribution in [3.05, 3.63) is 47.2 Å². The molecule has 1 aromatic carbocycles. The molecule has 0 aromatic heterocycles. The van der Waals surface area contributed by atoms with E-state index in [-0.39, 0.29) is 17.1 Å². The molecule has 1 heterocycles. The fourth-order valence-electron chi connectivity index (χ4n) is 3.51. The van der Waals surface area contributed by atoms with Gasteiger partial charge in [0.25, 0.3) is 0 Å². The molecule has 0 fully saturated rings. The molecule has 0 unspecified atom stereocenters. The normalized spacial score (nSPS) is 25.8. The number of benzene rings is 1. The second-order valence-corrected chi connectivity index (χ2v) is 6.96. The van der Waals surface area contributed by atoms with Crippen LogP contribution in [0.1, 0.15) is 45.1 Å². The summed E-state index contributed by atoms with van der Waals surface area (Å²) < 4.78 is 11.1. The third kappa shape index (κ3) is 2.90. The van der Waals surface area contributed by atoms with Crippen molar-refractivity contribution in [1.29, 1.82) is 0 Å². The monoisotopic (exact) mass is 314 g/mol. The number of rotatable bonds is 3. The summed E-state index contributed by atoms with van der Waals surface area (Å²) in [6.07, 6.45) is 0.390. The van der Waals surface area contributed by atoms with Crippen molar-refractivity contribution in [1.82, 2.24) is 0 Å². The molecule has 2 atom stereocenters. The Morgan fingerprint density at radius 3 is 2.61 bits per heavy atom. The van der Waals surface area contributed by atoms with Crippen LogP contribution in [0.3, 0.4) is 0 Å². The fourth-order valence-corrected chi connectivity index (χ4v) is 3.51. The molecule has 1 aliphatic heterocycles. The van der Waals surface area contributed by atoms with Gasteiger partial charge in [0.05, 0.1) is 12.5 Å². The summed E-state index contributed by atoms with van der Waals surface area (Å²) in [5.74, 6) is -0.0229. The van der Waals surface area contributed by atoms with E-state index in [4.69, 9.17) is 9.47 Å². The minimum atomic E-state index is -0.764. The molecule has 0 saturated heterocycles. The quantitative estimate of drug-likeness (QED) is 0.803. The van der Waals surface area contributed by atoms with Crippen molar-refractivity contribution in [3.63, 3.8) is 0 Å². The summed E-state index contributed by atoms with van der Waals surface area (Å²) in [7, 11) is 0. The van der Waals surface area contributed by atoms with Crippen molar-refractivity contribution >= 4 is 11.8 Å². The van der Waals surface area contributed by atoms with E-state index in [1.807, 2.05) is 44.2 Å². The van der Waals surface area contributed by atoms with E-state index in [0.717, 1.165) is 5.56 Å². The topological polar surface area (TPSA) is 52.6 Å². The predicted molar refractivity (Wildman–Crippen MR) is 85.7 cm³/mol. The maximum absolute atomic E-state index is 12.7. The van der Waals surface area contributed by atoms with Crippen LogP contribution in [0.4, 0.5) is 0 Å². The molecule has 3 rings (SSSR count). The molecular weight excluding hydrogens is 292 g/mol. The number of ketones is 1. The highest BCUT2D eigenvalue weighted by Gasteiger charge is 2.49. The van der Waals surface area contributed by atoms with Crippen molar-refractivity contribution in [2.24, 2.45) is 5.41 Å². The van der Waals surface area contributed by atoms with Crippen LogP contribution in [0.5, 0.6) is 0 Å². The van der Waals surface area contributed by atoms with Crippen molar-refractivity contribution in [2.75, 3.05) is 6.61 Å². The van der Waals surface area contributed by atoms with E-state index >= 15 is 0 Å². The van der Waals surface area contributed by atoms with Gasteiger partial charge in [-0.2, -0.15) is 0 Å². The average molecular weight is 314 g/mol. The zero-order chi connectivity index (χ0) is 16.6. The minimum absolute atomic E-state index is 0.0805. The number of esters is 1. The molecule has 0 amide bonds. The largest absolute Gasteiger partial charge is 0.482 e. The van der Waals surface area contributed by atoms with Gasteiger partial charge in [-0.3, -0.25) is 4.79 Å². The lowest BCUT2D eigenvalue weighted by Crippen LogP contribution is -2.30. The van der Waals surface area contributed by atoms with E-state index in [1.165, 1.54) is 0 Å². The molecule has 0 N–H and O–H groups in total. The minimum Gasteiger partial charge on any atom is -0.482 e. The van der Waals surface area contributed by atoms with Crippen molar-refractivity contribution in [3.8, 4) is 0 Å². The molecule has 0 saturated carbocycles. The molecule has 23 heavy (non-hydrogen) atoms. The molecular formula is C19H22O4. The van der Waals surface area contributed by atoms with Gasteiger partial charge in [0.1, 0.15) is 5.76 Å². The van der Waals surface area contributed by atoms with Crippen molar-refractivity contribution in [2.45, 2.75) is 45.6 Å². The molecule has 0 radical (unpaired) electrons. The molecule has 0 bridgehead atoms. The van der Waals surface area contributed by atoms with E-state index in [9.17, 15) is 9.59 Å². The van der Waals surface area contributed by atoms with Crippen LogP contribution in [0.2, 0.25) is 0 Å². The summed E-state index contributed by atoms with van der Waals surface area (Å²) in [4.78, 5) is 25.1. The second kappa shape index (κ2) is 5.84. The summed E-state index contributed by atoms with van der Waals surface area (Å²) in [6.45, 7) is 6.16. The number of hydrogen-bond acceptors (Lipinski definition) is 4. The van der Waals surface area contributed by atoms with Gasteiger partial charge >= 0.3 is 5.97 Å². The van der Waals surface area contributed by atoms with Gasteiger partial charge in [-0.1, -0.05) is 44.2 Å². The standard InChI is InChI=1S/C19H22O4/c1-4-22-18(21)17-15(12-8-6-5-7-9-12)16-13(20)10-19(2,3)11-14(16)23-17/h5-9,15,17H,4,10-11H2,1-3H3/t15-,17-/m0/s1. The third-order valence-electron chi connectivity index (χ3n) is 4.44. The molecule has 4 nitrogen and oxygen atoms in total. The maximum Gasteiger partial charge on any atom is 0.348 e. The number of Topliss-reactive ketones (excluding diaryl/α,β-unsaturated/α-hetero) is 1. The number of carbonyl (C=O) groups excluding carboxylic acids is 2. The lowest BCUT2D eigenvalue weighted by molar-refractivity contribution is -0.153. The Morgan fingerprint density at radius 1 is 1.26 bits per heavy atom. The molecule has 2 aliphatic rings. The molecule has 4 heteroatoms. The Bertz CT molecular complexity index is 657. The highest BCUT2D eigenvalue weighted by Crippen LogP contribution is 2.48. The van der Waals surface area contributed by atoms with Crippen LogP contribution >= 0.6 is 0 Å². The number of hydrogen-bond donors (Lipinski definition) is 0. The molecule has 0 spiro atoms. The molecule has 122 valence electrons. The van der Waals surface area contributed by atoms with Gasteiger partial charge in [-0.25, -0.2) is 4.79 Å². The van der Waals surface area contributed by atoms with Crippen LogP contribution in [0, 0.1) is 5.41 Å². The van der Waals surface area contributed by atoms with Crippen LogP contribution in [-0.2, 0) is 19.1 Å². The summed E-state index contributed by atoms with van der Waals surface area (Å²) in [5, 5.41) is 0. The lowest BCUT2D eigenvalue weighted by atomic mass is 9.73. The summed E-state index contributed by atoms with van der Waals surface area (Å²) >= 11 is 0. The Kier molecular flexibility index (Phi) is 4.00. The fraction of sp³-hybridized carbons (Fsp3) is 0.474. The first-order valence-corrected chi connectivity index (χ1v) is 8.07. The van der Waals surface area contributed by atoms with Crippen LogP contribution < -0.4 is 0 Å². The number of allylic oxidation sites excluding steroid dienone is 1. The van der Waals surface area contributed by atoms with Gasteiger partial charge in [0.15, 0.2) is 5.78 Å². The zero-order valence-corrected chi connectivity index (χ0v) is 13.8. The third-order valence-corrected chi connectivity index (χ3v) is 4.44. The smallest absolute Gasteiger partial charge is 0.348 e. The Morgan fingerprint density at radius 2 is 1.96 bits per heavy atom. The molecule has 1 aliphatic carbocycles. The molecule has 1 aromatic rings. The number of ether oxygens (including phenoxy) is 2. The lowest BCUT2D eigenvalue weighted by Gasteiger charge is -2.29. The van der Waals surface area contributed by atoms with Gasteiger partial charge in [-0.15, -0.1) is 0 Å². The number of carbonyl (C=O) groups is 2. The first-order valence-electron chi connectivity index (χ1n) is 8.07.